The van der Waals surface area contributed by atoms with Crippen LogP contribution in [0.1, 0.15) is 31.2 Å². The molecule has 1 aromatic heterocycles. The van der Waals surface area contributed by atoms with E-state index < -0.39 is 10.0 Å². The SMILES string of the molecule is CNCc1n[nH]c(C)c1S(=O)(=O)NCC1(C)CC1. The van der Waals surface area contributed by atoms with Crippen LogP contribution in [0.25, 0.3) is 0 Å². The molecule has 7 heteroatoms. The van der Waals surface area contributed by atoms with Crippen LogP contribution in [0.2, 0.25) is 0 Å². The molecule has 1 aliphatic rings. The van der Waals surface area contributed by atoms with Gasteiger partial charge in [0.2, 0.25) is 10.0 Å². The van der Waals surface area contributed by atoms with E-state index in [1.54, 1.807) is 14.0 Å². The van der Waals surface area contributed by atoms with Gasteiger partial charge in [-0.25, -0.2) is 13.1 Å². The minimum absolute atomic E-state index is 0.147. The number of aryl methyl sites for hydroxylation is 1. The van der Waals surface area contributed by atoms with Crippen LogP contribution in [0.3, 0.4) is 0 Å². The van der Waals surface area contributed by atoms with E-state index in [1.807, 2.05) is 0 Å². The lowest BCUT2D eigenvalue weighted by molar-refractivity contribution is 0.529. The van der Waals surface area contributed by atoms with Gasteiger partial charge >= 0.3 is 0 Å². The van der Waals surface area contributed by atoms with Gasteiger partial charge in [0, 0.05) is 13.1 Å². The molecule has 0 amide bonds. The Morgan fingerprint density at radius 1 is 1.44 bits per heavy atom. The number of nitrogens with zero attached hydrogens (tertiary/aromatic N) is 1. The maximum atomic E-state index is 12.3. The Labute approximate surface area is 108 Å². The Morgan fingerprint density at radius 3 is 2.67 bits per heavy atom. The molecule has 18 heavy (non-hydrogen) atoms. The van der Waals surface area contributed by atoms with Gasteiger partial charge in [-0.05, 0) is 32.2 Å². The van der Waals surface area contributed by atoms with Crippen LogP contribution >= 0.6 is 0 Å². The predicted octanol–water partition coefficient (Wildman–Crippen LogP) is 0.516. The molecule has 3 N–H and O–H groups in total. The molecule has 1 aliphatic carbocycles. The van der Waals surface area contributed by atoms with E-state index in [0.29, 0.717) is 24.5 Å². The Bertz CT molecular complexity index is 531. The summed E-state index contributed by atoms with van der Waals surface area (Å²) in [5.41, 5.74) is 1.26. The van der Waals surface area contributed by atoms with E-state index in [2.05, 4.69) is 27.2 Å². The molecule has 0 aromatic carbocycles. The molecule has 0 radical (unpaired) electrons. The molecule has 0 atom stereocenters. The zero-order valence-corrected chi connectivity index (χ0v) is 11.8. The summed E-state index contributed by atoms with van der Waals surface area (Å²) in [5, 5.41) is 9.68. The average Bonchev–Trinajstić information content (AvgIpc) is 2.91. The quantitative estimate of drug-likeness (QED) is 0.704. The second kappa shape index (κ2) is 4.64. The Hall–Kier alpha value is -0.920. The van der Waals surface area contributed by atoms with Gasteiger partial charge in [0.1, 0.15) is 4.90 Å². The maximum absolute atomic E-state index is 12.3. The normalized spacial score (nSPS) is 17.9. The van der Waals surface area contributed by atoms with E-state index in [1.165, 1.54) is 0 Å². The fraction of sp³-hybridized carbons (Fsp3) is 0.727. The summed E-state index contributed by atoms with van der Waals surface area (Å²) in [4.78, 5) is 0.279. The zero-order valence-electron chi connectivity index (χ0n) is 11.0. The predicted molar refractivity (Wildman–Crippen MR) is 68.6 cm³/mol. The summed E-state index contributed by atoms with van der Waals surface area (Å²) in [5.74, 6) is 0. The summed E-state index contributed by atoms with van der Waals surface area (Å²) in [7, 11) is -1.71. The van der Waals surface area contributed by atoms with Crippen molar-refractivity contribution in [3.8, 4) is 0 Å². The fourth-order valence-electron chi connectivity index (χ4n) is 1.84. The number of H-pyrrole nitrogens is 1. The van der Waals surface area contributed by atoms with E-state index >= 15 is 0 Å². The van der Waals surface area contributed by atoms with Crippen molar-refractivity contribution in [2.45, 2.75) is 38.1 Å². The first kappa shape index (κ1) is 13.5. The Kier molecular flexibility index (Phi) is 3.48. The van der Waals surface area contributed by atoms with Gasteiger partial charge < -0.3 is 5.32 Å². The van der Waals surface area contributed by atoms with Crippen molar-refractivity contribution in [3.05, 3.63) is 11.4 Å². The van der Waals surface area contributed by atoms with Crippen molar-refractivity contribution in [2.24, 2.45) is 5.41 Å². The van der Waals surface area contributed by atoms with Crippen LogP contribution in [0.5, 0.6) is 0 Å². The Morgan fingerprint density at radius 2 is 2.11 bits per heavy atom. The molecule has 0 saturated heterocycles. The number of hydrogen-bond acceptors (Lipinski definition) is 4. The second-order valence-electron chi connectivity index (χ2n) is 5.29. The lowest BCUT2D eigenvalue weighted by Crippen LogP contribution is -2.30. The van der Waals surface area contributed by atoms with Crippen molar-refractivity contribution < 1.29 is 8.42 Å². The summed E-state index contributed by atoms with van der Waals surface area (Å²) in [6.07, 6.45) is 2.17. The first-order chi connectivity index (χ1) is 8.38. The third kappa shape index (κ3) is 2.73. The van der Waals surface area contributed by atoms with Crippen LogP contribution in [0.4, 0.5) is 0 Å². The molecule has 1 saturated carbocycles. The van der Waals surface area contributed by atoms with Crippen LogP contribution < -0.4 is 10.0 Å². The highest BCUT2D eigenvalue weighted by atomic mass is 32.2. The molecule has 0 aliphatic heterocycles. The van der Waals surface area contributed by atoms with Gasteiger partial charge in [0.05, 0.1) is 11.4 Å². The van der Waals surface area contributed by atoms with Gasteiger partial charge in [-0.15, -0.1) is 0 Å². The minimum Gasteiger partial charge on any atom is -0.314 e. The van der Waals surface area contributed by atoms with Crippen molar-refractivity contribution in [1.82, 2.24) is 20.2 Å². The molecule has 0 unspecified atom stereocenters. The standard InChI is InChI=1S/C11H20N4O2S/c1-8-10(9(6-12-3)15-14-8)18(16,17)13-7-11(2)4-5-11/h12-13H,4-7H2,1-3H3,(H,14,15). The number of hydrogen-bond donors (Lipinski definition) is 3. The Balaban J connectivity index is 2.20. The van der Waals surface area contributed by atoms with Crippen LogP contribution in [0.15, 0.2) is 4.90 Å². The third-order valence-electron chi connectivity index (χ3n) is 3.37. The highest BCUT2D eigenvalue weighted by molar-refractivity contribution is 7.89. The van der Waals surface area contributed by atoms with Crippen LogP contribution in [-0.4, -0.2) is 32.2 Å². The topological polar surface area (TPSA) is 86.9 Å². The maximum Gasteiger partial charge on any atom is 0.244 e. The van der Waals surface area contributed by atoms with Crippen molar-refractivity contribution >= 4 is 10.0 Å². The highest BCUT2D eigenvalue weighted by Gasteiger charge is 2.38. The van der Waals surface area contributed by atoms with Gasteiger partial charge in [-0.3, -0.25) is 5.10 Å². The molecule has 102 valence electrons. The van der Waals surface area contributed by atoms with Gasteiger partial charge in [-0.2, -0.15) is 5.10 Å². The molecular weight excluding hydrogens is 252 g/mol. The van der Waals surface area contributed by atoms with Crippen molar-refractivity contribution in [3.63, 3.8) is 0 Å². The molecule has 1 fully saturated rings. The number of nitrogens with one attached hydrogen (secondary N) is 3. The largest absolute Gasteiger partial charge is 0.314 e. The molecule has 0 bridgehead atoms. The summed E-state index contributed by atoms with van der Waals surface area (Å²) in [6.45, 7) is 4.74. The van der Waals surface area contributed by atoms with E-state index in [4.69, 9.17) is 0 Å². The smallest absolute Gasteiger partial charge is 0.244 e. The number of rotatable bonds is 6. The van der Waals surface area contributed by atoms with E-state index in [-0.39, 0.29) is 10.3 Å². The minimum atomic E-state index is -3.48. The van der Waals surface area contributed by atoms with Crippen LogP contribution in [-0.2, 0) is 16.6 Å². The first-order valence-electron chi connectivity index (χ1n) is 6.06. The fourth-order valence-corrected chi connectivity index (χ4v) is 3.40. The molecule has 1 heterocycles. The van der Waals surface area contributed by atoms with Gasteiger partial charge in [-0.1, -0.05) is 6.92 Å². The van der Waals surface area contributed by atoms with E-state index in [0.717, 1.165) is 12.8 Å². The average molecular weight is 272 g/mol. The summed E-state index contributed by atoms with van der Waals surface area (Å²) >= 11 is 0. The summed E-state index contributed by atoms with van der Waals surface area (Å²) < 4.78 is 27.3. The zero-order chi connectivity index (χ0) is 13.4. The molecule has 2 rings (SSSR count). The lowest BCUT2D eigenvalue weighted by Gasteiger charge is -2.11. The van der Waals surface area contributed by atoms with Crippen molar-refractivity contribution in [1.29, 1.82) is 0 Å². The monoisotopic (exact) mass is 272 g/mol. The highest BCUT2D eigenvalue weighted by Crippen LogP contribution is 2.44. The molecule has 6 nitrogen and oxygen atoms in total. The van der Waals surface area contributed by atoms with Gasteiger partial charge in [0.15, 0.2) is 0 Å². The number of aromatic nitrogens is 2. The molecule has 1 aromatic rings. The third-order valence-corrected chi connectivity index (χ3v) is 4.97. The molecular formula is C11H20N4O2S. The first-order valence-corrected chi connectivity index (χ1v) is 7.54. The molecule has 0 spiro atoms. The van der Waals surface area contributed by atoms with E-state index in [9.17, 15) is 8.42 Å². The lowest BCUT2D eigenvalue weighted by atomic mass is 10.2. The van der Waals surface area contributed by atoms with Crippen molar-refractivity contribution in [2.75, 3.05) is 13.6 Å². The number of sulfonamides is 1. The van der Waals surface area contributed by atoms with Gasteiger partial charge in [0.25, 0.3) is 0 Å². The number of aromatic amines is 1. The summed E-state index contributed by atoms with van der Waals surface area (Å²) in [6, 6.07) is 0. The van der Waals surface area contributed by atoms with Crippen LogP contribution in [0, 0.1) is 12.3 Å². The second-order valence-corrected chi connectivity index (χ2v) is 6.99.